The second kappa shape index (κ2) is 5.46. The summed E-state index contributed by atoms with van der Waals surface area (Å²) < 4.78 is 9.73. The number of carbonyl (C=O) groups is 3. The number of carboxylic acid groups (broad SMARTS) is 1. The zero-order chi connectivity index (χ0) is 14.8. The van der Waals surface area contributed by atoms with E-state index >= 15 is 0 Å². The molecule has 0 bridgehead atoms. The van der Waals surface area contributed by atoms with Gasteiger partial charge in [0, 0.05) is 0 Å². The second-order valence-corrected chi connectivity index (χ2v) is 5.36. The highest BCUT2D eigenvalue weighted by Crippen LogP contribution is 2.27. The first-order valence-electron chi connectivity index (χ1n) is 5.99. The Morgan fingerprint density at radius 2 is 1.68 bits per heavy atom. The van der Waals surface area contributed by atoms with Crippen LogP contribution in [-0.4, -0.2) is 52.8 Å². The second-order valence-electron chi connectivity index (χ2n) is 5.36. The van der Waals surface area contributed by atoms with Crippen LogP contribution in [-0.2, 0) is 19.1 Å². The molecule has 7 nitrogen and oxygen atoms in total. The van der Waals surface area contributed by atoms with Crippen molar-refractivity contribution in [3.8, 4) is 0 Å². The van der Waals surface area contributed by atoms with Crippen LogP contribution in [0, 0.1) is 0 Å². The van der Waals surface area contributed by atoms with Crippen LogP contribution < -0.4 is 0 Å². The van der Waals surface area contributed by atoms with Crippen LogP contribution in [0.15, 0.2) is 0 Å². The van der Waals surface area contributed by atoms with Crippen molar-refractivity contribution in [1.82, 2.24) is 4.90 Å². The number of hydrogen-bond donors (Lipinski definition) is 1. The van der Waals surface area contributed by atoms with E-state index in [1.807, 2.05) is 0 Å². The fourth-order valence-corrected chi connectivity index (χ4v) is 1.99. The number of aliphatic carboxylic acids is 1. The molecule has 2 atom stereocenters. The van der Waals surface area contributed by atoms with Gasteiger partial charge in [0.05, 0.1) is 7.11 Å². The number of hydrogen-bond acceptors (Lipinski definition) is 5. The number of likely N-dealkylation sites (tertiary alicyclic amines) is 1. The van der Waals surface area contributed by atoms with Crippen molar-refractivity contribution in [3.63, 3.8) is 0 Å². The Hall–Kier alpha value is -1.79. The SMILES string of the molecule is COC(=O)[C@H]1CC[C@@H](C(=O)O)N1C(=O)OC(C)(C)C. The summed E-state index contributed by atoms with van der Waals surface area (Å²) in [5, 5.41) is 9.10. The molecule has 0 saturated carbocycles. The molecule has 0 aromatic heterocycles. The molecule has 7 heteroatoms. The summed E-state index contributed by atoms with van der Waals surface area (Å²) in [6.45, 7) is 5.01. The third-order valence-corrected chi connectivity index (χ3v) is 2.75. The normalized spacial score (nSPS) is 23.1. The molecule has 0 aromatic carbocycles. The Morgan fingerprint density at radius 3 is 2.11 bits per heavy atom. The van der Waals surface area contributed by atoms with Crippen LogP contribution in [0.3, 0.4) is 0 Å². The van der Waals surface area contributed by atoms with E-state index in [0.717, 1.165) is 4.90 Å². The monoisotopic (exact) mass is 273 g/mol. The van der Waals surface area contributed by atoms with Gasteiger partial charge in [-0.2, -0.15) is 0 Å². The van der Waals surface area contributed by atoms with E-state index in [0.29, 0.717) is 0 Å². The molecule has 0 radical (unpaired) electrons. The third-order valence-electron chi connectivity index (χ3n) is 2.75. The first-order valence-corrected chi connectivity index (χ1v) is 5.99. The van der Waals surface area contributed by atoms with Gasteiger partial charge in [-0.1, -0.05) is 0 Å². The first-order chi connectivity index (χ1) is 8.67. The standard InChI is InChI=1S/C12H19NO6/c1-12(2,3)19-11(17)13-7(9(14)15)5-6-8(13)10(16)18-4/h7-8H,5-6H2,1-4H3,(H,14,15)/t7-,8+/m0/s1. The summed E-state index contributed by atoms with van der Waals surface area (Å²) in [7, 11) is 1.20. The molecule has 1 aliphatic rings. The molecule has 0 spiro atoms. The average Bonchev–Trinajstić information content (AvgIpc) is 2.70. The first kappa shape index (κ1) is 15.3. The molecule has 1 rings (SSSR count). The molecule has 1 N–H and O–H groups in total. The molecule has 1 saturated heterocycles. The summed E-state index contributed by atoms with van der Waals surface area (Å²) in [4.78, 5) is 35.7. The van der Waals surface area contributed by atoms with E-state index in [1.165, 1.54) is 7.11 Å². The molecule has 1 fully saturated rings. The van der Waals surface area contributed by atoms with Gasteiger partial charge in [-0.25, -0.2) is 14.4 Å². The van der Waals surface area contributed by atoms with Gasteiger partial charge >= 0.3 is 18.0 Å². The minimum Gasteiger partial charge on any atom is -0.480 e. The van der Waals surface area contributed by atoms with E-state index in [-0.39, 0.29) is 12.8 Å². The van der Waals surface area contributed by atoms with Crippen molar-refractivity contribution in [2.75, 3.05) is 7.11 Å². The molecule has 1 aliphatic heterocycles. The lowest BCUT2D eigenvalue weighted by Crippen LogP contribution is -2.50. The van der Waals surface area contributed by atoms with E-state index < -0.39 is 35.7 Å². The molecule has 1 heterocycles. The maximum atomic E-state index is 12.0. The number of nitrogens with zero attached hydrogens (tertiary/aromatic N) is 1. The smallest absolute Gasteiger partial charge is 0.411 e. The van der Waals surface area contributed by atoms with E-state index in [4.69, 9.17) is 9.84 Å². The number of amides is 1. The number of esters is 1. The van der Waals surface area contributed by atoms with Gasteiger partial charge in [-0.05, 0) is 33.6 Å². The number of ether oxygens (including phenoxy) is 2. The topological polar surface area (TPSA) is 93.1 Å². The highest BCUT2D eigenvalue weighted by Gasteiger charge is 2.46. The summed E-state index contributed by atoms with van der Waals surface area (Å²) in [6, 6.07) is -1.96. The van der Waals surface area contributed by atoms with Gasteiger partial charge in [0.1, 0.15) is 17.7 Å². The Kier molecular flexibility index (Phi) is 4.39. The maximum absolute atomic E-state index is 12.0. The Labute approximate surface area is 111 Å². The highest BCUT2D eigenvalue weighted by atomic mass is 16.6. The van der Waals surface area contributed by atoms with Gasteiger partial charge in [0.15, 0.2) is 0 Å². The molecule has 0 aliphatic carbocycles. The van der Waals surface area contributed by atoms with Crippen LogP contribution in [0.5, 0.6) is 0 Å². The van der Waals surface area contributed by atoms with Gasteiger partial charge in [-0.3, -0.25) is 4.90 Å². The zero-order valence-electron chi connectivity index (χ0n) is 11.5. The van der Waals surface area contributed by atoms with Crippen LogP contribution in [0.1, 0.15) is 33.6 Å². The molecule has 0 aromatic rings. The van der Waals surface area contributed by atoms with Gasteiger partial charge in [0.25, 0.3) is 0 Å². The minimum absolute atomic E-state index is 0.203. The van der Waals surface area contributed by atoms with Crippen LogP contribution in [0.4, 0.5) is 4.79 Å². The van der Waals surface area contributed by atoms with Crippen LogP contribution in [0.25, 0.3) is 0 Å². The largest absolute Gasteiger partial charge is 0.480 e. The van der Waals surface area contributed by atoms with Gasteiger partial charge in [0.2, 0.25) is 0 Å². The van der Waals surface area contributed by atoms with Gasteiger partial charge in [-0.15, -0.1) is 0 Å². The van der Waals surface area contributed by atoms with Crippen molar-refractivity contribution in [1.29, 1.82) is 0 Å². The fraction of sp³-hybridized carbons (Fsp3) is 0.750. The molecule has 0 unspecified atom stereocenters. The van der Waals surface area contributed by atoms with Crippen molar-refractivity contribution < 1.29 is 29.0 Å². The number of rotatable bonds is 2. The lowest BCUT2D eigenvalue weighted by atomic mass is 10.2. The van der Waals surface area contributed by atoms with Crippen LogP contribution >= 0.6 is 0 Å². The quantitative estimate of drug-likeness (QED) is 0.755. The lowest BCUT2D eigenvalue weighted by molar-refractivity contribution is -0.148. The Balaban J connectivity index is 2.95. The van der Waals surface area contributed by atoms with Crippen molar-refractivity contribution >= 4 is 18.0 Å². The molecular formula is C12H19NO6. The third kappa shape index (κ3) is 3.59. The summed E-state index contributed by atoms with van der Waals surface area (Å²) >= 11 is 0. The summed E-state index contributed by atoms with van der Waals surface area (Å²) in [6.07, 6.45) is -0.357. The van der Waals surface area contributed by atoms with E-state index in [2.05, 4.69) is 4.74 Å². The number of carboxylic acids is 1. The predicted molar refractivity (Wildman–Crippen MR) is 64.5 cm³/mol. The van der Waals surface area contributed by atoms with Crippen molar-refractivity contribution in [2.45, 2.75) is 51.3 Å². The van der Waals surface area contributed by atoms with Crippen molar-refractivity contribution in [3.05, 3.63) is 0 Å². The molecule has 19 heavy (non-hydrogen) atoms. The Bertz CT molecular complexity index is 386. The van der Waals surface area contributed by atoms with E-state index in [1.54, 1.807) is 20.8 Å². The van der Waals surface area contributed by atoms with Crippen molar-refractivity contribution in [2.24, 2.45) is 0 Å². The average molecular weight is 273 g/mol. The molecule has 1 amide bonds. The van der Waals surface area contributed by atoms with E-state index in [9.17, 15) is 14.4 Å². The fourth-order valence-electron chi connectivity index (χ4n) is 1.99. The minimum atomic E-state index is -1.16. The number of methoxy groups -OCH3 is 1. The van der Waals surface area contributed by atoms with Crippen LogP contribution in [0.2, 0.25) is 0 Å². The molecular weight excluding hydrogens is 254 g/mol. The lowest BCUT2D eigenvalue weighted by Gasteiger charge is -2.29. The predicted octanol–water partition coefficient (Wildman–Crippen LogP) is 1.01. The summed E-state index contributed by atoms with van der Waals surface area (Å²) in [5.74, 6) is -1.79. The maximum Gasteiger partial charge on any atom is 0.411 e. The number of carbonyl (C=O) groups excluding carboxylic acids is 2. The highest BCUT2D eigenvalue weighted by molar-refractivity contribution is 5.87. The molecule has 108 valence electrons. The van der Waals surface area contributed by atoms with Gasteiger partial charge < -0.3 is 14.6 Å². The zero-order valence-corrected chi connectivity index (χ0v) is 11.5. The summed E-state index contributed by atoms with van der Waals surface area (Å²) in [5.41, 5.74) is -0.761. The Morgan fingerprint density at radius 1 is 1.16 bits per heavy atom.